The molecule has 152 valence electrons. The van der Waals surface area contributed by atoms with E-state index < -0.39 is 6.10 Å². The Bertz CT molecular complexity index is 1000. The van der Waals surface area contributed by atoms with Crippen LogP contribution in [0.4, 0.5) is 0 Å². The molecule has 3 rings (SSSR count). The van der Waals surface area contributed by atoms with Crippen LogP contribution in [0, 0.1) is 13.8 Å². The molecule has 1 aromatic heterocycles. The van der Waals surface area contributed by atoms with Gasteiger partial charge in [0.15, 0.2) is 6.10 Å². The minimum absolute atomic E-state index is 0.157. The molecular formula is C22H24ClN3O3. The number of aryl methyl sites for hydroxylation is 2. The molecular weight excluding hydrogens is 390 g/mol. The average Bonchev–Trinajstić information content (AvgIpc) is 3.16. The topological polar surface area (TPSA) is 68.5 Å². The van der Waals surface area contributed by atoms with E-state index in [1.807, 2.05) is 51.1 Å². The van der Waals surface area contributed by atoms with Crippen LogP contribution < -0.4 is 4.74 Å². The second-order valence-electron chi connectivity index (χ2n) is 7.00. The van der Waals surface area contributed by atoms with Gasteiger partial charge in [0, 0.05) is 17.6 Å². The summed E-state index contributed by atoms with van der Waals surface area (Å²) < 4.78 is 11.2. The minimum atomic E-state index is -0.611. The lowest BCUT2D eigenvalue weighted by Crippen LogP contribution is -2.39. The van der Waals surface area contributed by atoms with Crippen molar-refractivity contribution < 1.29 is 14.1 Å². The molecule has 0 saturated heterocycles. The predicted octanol–water partition coefficient (Wildman–Crippen LogP) is 4.82. The van der Waals surface area contributed by atoms with E-state index in [1.54, 1.807) is 19.2 Å². The van der Waals surface area contributed by atoms with Crippen LogP contribution in [0.2, 0.25) is 5.02 Å². The number of carbonyl (C=O) groups is 1. The average molecular weight is 414 g/mol. The van der Waals surface area contributed by atoms with E-state index in [0.29, 0.717) is 28.9 Å². The van der Waals surface area contributed by atoms with Crippen molar-refractivity contribution in [3.05, 3.63) is 64.5 Å². The molecule has 6 nitrogen and oxygen atoms in total. The summed E-state index contributed by atoms with van der Waals surface area (Å²) in [6.45, 7) is 6.01. The number of halogens is 1. The van der Waals surface area contributed by atoms with Gasteiger partial charge in [-0.05, 0) is 50.1 Å². The highest BCUT2D eigenvalue weighted by molar-refractivity contribution is 6.31. The number of carbonyl (C=O) groups excluding carboxylic acids is 1. The number of likely N-dealkylation sites (N-methyl/N-ethyl adjacent to an activating group) is 1. The molecule has 1 amide bonds. The number of rotatable bonds is 7. The molecule has 0 spiro atoms. The Morgan fingerprint density at radius 3 is 2.72 bits per heavy atom. The molecule has 29 heavy (non-hydrogen) atoms. The molecule has 2 aromatic carbocycles. The number of hydrogen-bond acceptors (Lipinski definition) is 5. The lowest BCUT2D eigenvalue weighted by atomic mass is 10.1. The summed E-state index contributed by atoms with van der Waals surface area (Å²) in [6.07, 6.45) is -0.0804. The normalized spacial score (nSPS) is 11.9. The lowest BCUT2D eigenvalue weighted by molar-refractivity contribution is -0.138. The van der Waals surface area contributed by atoms with E-state index >= 15 is 0 Å². The van der Waals surface area contributed by atoms with Crippen LogP contribution in [-0.4, -0.2) is 34.1 Å². The zero-order valence-corrected chi connectivity index (χ0v) is 17.7. The number of benzene rings is 2. The van der Waals surface area contributed by atoms with Crippen molar-refractivity contribution in [2.45, 2.75) is 39.8 Å². The molecule has 0 aliphatic heterocycles. The first-order valence-electron chi connectivity index (χ1n) is 9.44. The fourth-order valence-electron chi connectivity index (χ4n) is 2.91. The van der Waals surface area contributed by atoms with Crippen molar-refractivity contribution >= 4 is 17.5 Å². The first-order chi connectivity index (χ1) is 13.9. The second-order valence-corrected chi connectivity index (χ2v) is 7.41. The van der Waals surface area contributed by atoms with Crippen molar-refractivity contribution in [3.8, 4) is 17.1 Å². The van der Waals surface area contributed by atoms with Gasteiger partial charge in [-0.25, -0.2) is 0 Å². The molecule has 0 aliphatic carbocycles. The summed E-state index contributed by atoms with van der Waals surface area (Å²) in [5.41, 5.74) is 2.89. The zero-order chi connectivity index (χ0) is 21.0. The molecule has 0 bridgehead atoms. The maximum absolute atomic E-state index is 12.8. The summed E-state index contributed by atoms with van der Waals surface area (Å²) in [4.78, 5) is 18.8. The van der Waals surface area contributed by atoms with E-state index in [-0.39, 0.29) is 12.5 Å². The highest BCUT2D eigenvalue weighted by Gasteiger charge is 2.24. The summed E-state index contributed by atoms with van der Waals surface area (Å²) in [5, 5.41) is 4.68. The second kappa shape index (κ2) is 9.09. The van der Waals surface area contributed by atoms with Gasteiger partial charge in [0.05, 0.1) is 6.54 Å². The Hall–Kier alpha value is -2.86. The Balaban J connectivity index is 1.66. The number of amides is 1. The van der Waals surface area contributed by atoms with Crippen LogP contribution in [0.1, 0.15) is 30.4 Å². The summed E-state index contributed by atoms with van der Waals surface area (Å²) in [7, 11) is 1.69. The third-order valence-corrected chi connectivity index (χ3v) is 4.97. The Morgan fingerprint density at radius 2 is 2.03 bits per heavy atom. The molecule has 0 saturated carbocycles. The van der Waals surface area contributed by atoms with Gasteiger partial charge < -0.3 is 14.2 Å². The van der Waals surface area contributed by atoms with E-state index in [2.05, 4.69) is 10.1 Å². The van der Waals surface area contributed by atoms with Gasteiger partial charge in [0.25, 0.3) is 5.91 Å². The largest absolute Gasteiger partial charge is 0.481 e. The molecule has 3 aromatic rings. The molecule has 1 heterocycles. The Morgan fingerprint density at radius 1 is 1.24 bits per heavy atom. The van der Waals surface area contributed by atoms with E-state index in [0.717, 1.165) is 16.7 Å². The Labute approximate surface area is 175 Å². The van der Waals surface area contributed by atoms with Gasteiger partial charge in [0.1, 0.15) is 5.75 Å². The SMILES string of the molecule is CCC(Oc1ccc(Cl)c(C)c1)C(=O)N(C)Cc1nc(-c2cccc(C)c2)no1. The van der Waals surface area contributed by atoms with Gasteiger partial charge >= 0.3 is 0 Å². The molecule has 7 heteroatoms. The van der Waals surface area contributed by atoms with Crippen molar-refractivity contribution in [2.75, 3.05) is 7.05 Å². The van der Waals surface area contributed by atoms with Gasteiger partial charge in [0.2, 0.25) is 11.7 Å². The third-order valence-electron chi connectivity index (χ3n) is 4.55. The monoisotopic (exact) mass is 413 g/mol. The fraction of sp³-hybridized carbons (Fsp3) is 0.318. The maximum atomic E-state index is 12.8. The number of ether oxygens (including phenoxy) is 1. The quantitative estimate of drug-likeness (QED) is 0.555. The van der Waals surface area contributed by atoms with E-state index in [9.17, 15) is 4.79 Å². The number of nitrogens with zero attached hydrogens (tertiary/aromatic N) is 3. The zero-order valence-electron chi connectivity index (χ0n) is 17.0. The highest BCUT2D eigenvalue weighted by atomic mass is 35.5. The highest BCUT2D eigenvalue weighted by Crippen LogP contribution is 2.23. The van der Waals surface area contributed by atoms with Gasteiger partial charge in [-0.2, -0.15) is 4.98 Å². The van der Waals surface area contributed by atoms with Crippen molar-refractivity contribution in [1.29, 1.82) is 0 Å². The first-order valence-corrected chi connectivity index (χ1v) is 9.82. The van der Waals surface area contributed by atoms with Crippen LogP contribution in [0.3, 0.4) is 0 Å². The van der Waals surface area contributed by atoms with Crippen LogP contribution in [-0.2, 0) is 11.3 Å². The maximum Gasteiger partial charge on any atom is 0.263 e. The third kappa shape index (κ3) is 5.15. The minimum Gasteiger partial charge on any atom is -0.481 e. The molecule has 1 unspecified atom stereocenters. The van der Waals surface area contributed by atoms with E-state index in [4.69, 9.17) is 20.9 Å². The van der Waals surface area contributed by atoms with Crippen LogP contribution in [0.5, 0.6) is 5.75 Å². The summed E-state index contributed by atoms with van der Waals surface area (Å²) in [6, 6.07) is 13.2. The molecule has 0 radical (unpaired) electrons. The molecule has 0 N–H and O–H groups in total. The first kappa shape index (κ1) is 20.9. The van der Waals surface area contributed by atoms with Crippen molar-refractivity contribution in [2.24, 2.45) is 0 Å². The van der Waals surface area contributed by atoms with Crippen LogP contribution in [0.15, 0.2) is 47.0 Å². The smallest absolute Gasteiger partial charge is 0.263 e. The van der Waals surface area contributed by atoms with Gasteiger partial charge in [-0.1, -0.05) is 47.4 Å². The van der Waals surface area contributed by atoms with Crippen molar-refractivity contribution in [1.82, 2.24) is 15.0 Å². The van der Waals surface area contributed by atoms with Crippen LogP contribution in [0.25, 0.3) is 11.4 Å². The number of aromatic nitrogens is 2. The fourth-order valence-corrected chi connectivity index (χ4v) is 3.03. The summed E-state index contributed by atoms with van der Waals surface area (Å²) in [5.74, 6) is 1.33. The molecule has 1 atom stereocenters. The standard InChI is InChI=1S/C22H24ClN3O3/c1-5-19(28-17-9-10-18(23)15(3)12-17)22(27)26(4)13-20-24-21(25-29-20)16-8-6-7-14(2)11-16/h6-12,19H,5,13H2,1-4H3. The predicted molar refractivity (Wildman–Crippen MR) is 112 cm³/mol. The Kier molecular flexibility index (Phi) is 6.54. The summed E-state index contributed by atoms with van der Waals surface area (Å²) >= 11 is 6.06. The van der Waals surface area contributed by atoms with Crippen LogP contribution >= 0.6 is 11.6 Å². The van der Waals surface area contributed by atoms with Gasteiger partial charge in [-0.3, -0.25) is 4.79 Å². The van der Waals surface area contributed by atoms with Gasteiger partial charge in [-0.15, -0.1) is 0 Å². The molecule has 0 aliphatic rings. The van der Waals surface area contributed by atoms with E-state index in [1.165, 1.54) is 4.90 Å². The van der Waals surface area contributed by atoms with Crippen molar-refractivity contribution in [3.63, 3.8) is 0 Å². The number of hydrogen-bond donors (Lipinski definition) is 0. The molecule has 0 fully saturated rings. The lowest BCUT2D eigenvalue weighted by Gasteiger charge is -2.23.